The predicted molar refractivity (Wildman–Crippen MR) is 166 cm³/mol. The second-order valence-corrected chi connectivity index (χ2v) is 13.5. The first-order valence-corrected chi connectivity index (χ1v) is 16.3. The average Bonchev–Trinajstić information content (AvgIpc) is 3.45. The summed E-state index contributed by atoms with van der Waals surface area (Å²) in [7, 11) is -4.09. The van der Waals surface area contributed by atoms with Gasteiger partial charge in [-0.05, 0) is 75.1 Å². The lowest BCUT2D eigenvalue weighted by Crippen LogP contribution is -2.53. The van der Waals surface area contributed by atoms with E-state index in [1.807, 2.05) is 45.0 Å². The molecule has 1 saturated carbocycles. The van der Waals surface area contributed by atoms with Gasteiger partial charge in [0.1, 0.15) is 12.6 Å². The highest BCUT2D eigenvalue weighted by Crippen LogP contribution is 2.27. The molecule has 0 heterocycles. The summed E-state index contributed by atoms with van der Waals surface area (Å²) in [5, 5.41) is 3.15. The zero-order chi connectivity index (χ0) is 29.6. The molecule has 1 fully saturated rings. The van der Waals surface area contributed by atoms with Crippen LogP contribution < -0.4 is 9.62 Å². The Morgan fingerprint density at radius 3 is 2.22 bits per heavy atom. The molecule has 7 nitrogen and oxygen atoms in total. The lowest BCUT2D eigenvalue weighted by molar-refractivity contribution is -0.140. The van der Waals surface area contributed by atoms with Crippen LogP contribution in [0.5, 0.6) is 0 Å². The molecular formula is C32H38BrN3O4S. The SMILES string of the molecule is CCC(C(=O)NC1CCCC1)N(Cc1cccc(C)c1)C(=O)CN(c1ccc(Br)cc1)S(=O)(=O)c1ccc(C)cc1. The van der Waals surface area contributed by atoms with Gasteiger partial charge in [0, 0.05) is 17.1 Å². The van der Waals surface area contributed by atoms with Crippen LogP contribution in [-0.2, 0) is 26.2 Å². The lowest BCUT2D eigenvalue weighted by atomic mass is 10.1. The summed E-state index contributed by atoms with van der Waals surface area (Å²) in [4.78, 5) is 29.4. The normalized spacial score (nSPS) is 14.4. The number of carbonyl (C=O) groups is 2. The van der Waals surface area contributed by atoms with Crippen molar-refractivity contribution in [2.45, 2.75) is 76.4 Å². The van der Waals surface area contributed by atoms with Gasteiger partial charge >= 0.3 is 0 Å². The number of benzene rings is 3. The van der Waals surface area contributed by atoms with E-state index in [0.29, 0.717) is 12.1 Å². The van der Waals surface area contributed by atoms with Crippen LogP contribution in [0.4, 0.5) is 5.69 Å². The zero-order valence-electron chi connectivity index (χ0n) is 23.8. The molecule has 2 amide bonds. The van der Waals surface area contributed by atoms with Crippen LogP contribution in [0.2, 0.25) is 0 Å². The van der Waals surface area contributed by atoms with Crippen LogP contribution in [0.1, 0.15) is 55.7 Å². The van der Waals surface area contributed by atoms with E-state index in [2.05, 4.69) is 21.2 Å². The molecule has 218 valence electrons. The van der Waals surface area contributed by atoms with Crippen molar-refractivity contribution in [3.05, 3.63) is 94.0 Å². The Balaban J connectivity index is 1.71. The predicted octanol–water partition coefficient (Wildman–Crippen LogP) is 6.13. The fourth-order valence-corrected chi connectivity index (χ4v) is 6.95. The largest absolute Gasteiger partial charge is 0.352 e. The number of rotatable bonds is 11. The molecule has 0 aliphatic heterocycles. The van der Waals surface area contributed by atoms with Crippen LogP contribution in [0.25, 0.3) is 0 Å². The Labute approximate surface area is 252 Å². The molecule has 1 unspecified atom stereocenters. The van der Waals surface area contributed by atoms with Crippen LogP contribution in [0.3, 0.4) is 0 Å². The van der Waals surface area contributed by atoms with Crippen LogP contribution >= 0.6 is 15.9 Å². The van der Waals surface area contributed by atoms with E-state index in [0.717, 1.165) is 51.2 Å². The molecule has 1 atom stereocenters. The molecule has 0 bridgehead atoms. The van der Waals surface area contributed by atoms with Crippen molar-refractivity contribution >= 4 is 43.5 Å². The summed E-state index contributed by atoms with van der Waals surface area (Å²) in [5.74, 6) is -0.643. The van der Waals surface area contributed by atoms with E-state index in [9.17, 15) is 18.0 Å². The van der Waals surface area contributed by atoms with E-state index in [1.165, 1.54) is 4.90 Å². The van der Waals surface area contributed by atoms with Gasteiger partial charge in [-0.15, -0.1) is 0 Å². The summed E-state index contributed by atoms with van der Waals surface area (Å²) in [6.45, 7) is 5.48. The number of aryl methyl sites for hydroxylation is 2. The fraction of sp³-hybridized carbons (Fsp3) is 0.375. The number of sulfonamides is 1. The molecular weight excluding hydrogens is 602 g/mol. The first kappa shape index (κ1) is 30.8. The number of nitrogens with one attached hydrogen (secondary N) is 1. The standard InChI is InChI=1S/C32H38BrN3O4S/c1-4-30(32(38)34-27-10-5-6-11-27)35(21-25-9-7-8-24(3)20-25)31(37)22-36(28-16-14-26(33)15-17-28)41(39,40)29-18-12-23(2)13-19-29/h7-9,12-20,27,30H,4-6,10-11,21-22H2,1-3H3,(H,34,38). The smallest absolute Gasteiger partial charge is 0.264 e. The zero-order valence-corrected chi connectivity index (χ0v) is 26.2. The van der Waals surface area contributed by atoms with Gasteiger partial charge in [0.15, 0.2) is 0 Å². The number of hydrogen-bond acceptors (Lipinski definition) is 4. The maximum absolute atomic E-state index is 14.2. The molecule has 0 spiro atoms. The molecule has 4 rings (SSSR count). The van der Waals surface area contributed by atoms with Crippen molar-refractivity contribution in [1.82, 2.24) is 10.2 Å². The highest BCUT2D eigenvalue weighted by Gasteiger charge is 2.34. The first-order valence-electron chi connectivity index (χ1n) is 14.1. The van der Waals surface area contributed by atoms with Crippen molar-refractivity contribution in [2.24, 2.45) is 0 Å². The van der Waals surface area contributed by atoms with E-state index in [4.69, 9.17) is 0 Å². The maximum atomic E-state index is 14.2. The topological polar surface area (TPSA) is 86.8 Å². The number of amides is 2. The van der Waals surface area contributed by atoms with Gasteiger partial charge in [0.2, 0.25) is 11.8 Å². The molecule has 1 N–H and O–H groups in total. The van der Waals surface area contributed by atoms with Crippen molar-refractivity contribution in [2.75, 3.05) is 10.8 Å². The third-order valence-electron chi connectivity index (χ3n) is 7.53. The van der Waals surface area contributed by atoms with Crippen LogP contribution in [-0.4, -0.2) is 43.8 Å². The van der Waals surface area contributed by atoms with Gasteiger partial charge in [0.05, 0.1) is 10.6 Å². The molecule has 3 aromatic rings. The van der Waals surface area contributed by atoms with Gasteiger partial charge in [-0.3, -0.25) is 13.9 Å². The van der Waals surface area contributed by atoms with Crippen molar-refractivity contribution in [3.8, 4) is 0 Å². The Hall–Kier alpha value is -3.17. The first-order chi connectivity index (χ1) is 19.6. The molecule has 9 heteroatoms. The van der Waals surface area contributed by atoms with Crippen LogP contribution in [0.15, 0.2) is 82.2 Å². The minimum Gasteiger partial charge on any atom is -0.352 e. The number of hydrogen-bond donors (Lipinski definition) is 1. The van der Waals surface area contributed by atoms with Crippen molar-refractivity contribution in [1.29, 1.82) is 0 Å². The van der Waals surface area contributed by atoms with Crippen LogP contribution in [0, 0.1) is 13.8 Å². The maximum Gasteiger partial charge on any atom is 0.264 e. The summed E-state index contributed by atoms with van der Waals surface area (Å²) in [6, 6.07) is 20.6. The summed E-state index contributed by atoms with van der Waals surface area (Å²) in [6.07, 6.45) is 4.42. The molecule has 41 heavy (non-hydrogen) atoms. The number of nitrogens with zero attached hydrogens (tertiary/aromatic N) is 2. The van der Waals surface area contributed by atoms with E-state index < -0.39 is 28.5 Å². The Morgan fingerprint density at radius 1 is 0.951 bits per heavy atom. The minimum atomic E-state index is -4.09. The molecule has 3 aromatic carbocycles. The Morgan fingerprint density at radius 2 is 1.61 bits per heavy atom. The number of anilines is 1. The van der Waals surface area contributed by atoms with Gasteiger partial charge in [-0.2, -0.15) is 0 Å². The second kappa shape index (κ2) is 13.7. The Kier molecular flexibility index (Phi) is 10.3. The molecule has 1 aliphatic rings. The van der Waals surface area contributed by atoms with Gasteiger partial charge < -0.3 is 10.2 Å². The quantitative estimate of drug-likeness (QED) is 0.274. The van der Waals surface area contributed by atoms with Gasteiger partial charge in [0.25, 0.3) is 10.0 Å². The summed E-state index contributed by atoms with van der Waals surface area (Å²) >= 11 is 3.41. The average molecular weight is 641 g/mol. The number of carbonyl (C=O) groups excluding carboxylic acids is 2. The Bertz CT molecular complexity index is 1450. The van der Waals surface area contributed by atoms with Crippen molar-refractivity contribution in [3.63, 3.8) is 0 Å². The summed E-state index contributed by atoms with van der Waals surface area (Å²) < 4.78 is 29.8. The molecule has 0 aromatic heterocycles. The minimum absolute atomic E-state index is 0.0927. The van der Waals surface area contributed by atoms with Gasteiger partial charge in [-0.1, -0.05) is 83.2 Å². The van der Waals surface area contributed by atoms with Crippen molar-refractivity contribution < 1.29 is 18.0 Å². The third kappa shape index (κ3) is 7.77. The molecule has 0 saturated heterocycles. The van der Waals surface area contributed by atoms with E-state index >= 15 is 0 Å². The summed E-state index contributed by atoms with van der Waals surface area (Å²) in [5.41, 5.74) is 3.21. The lowest BCUT2D eigenvalue weighted by Gasteiger charge is -2.34. The molecule has 1 aliphatic carbocycles. The molecule has 0 radical (unpaired) electrons. The van der Waals surface area contributed by atoms with E-state index in [-0.39, 0.29) is 23.4 Å². The van der Waals surface area contributed by atoms with E-state index in [1.54, 1.807) is 48.5 Å². The highest BCUT2D eigenvalue weighted by atomic mass is 79.9. The number of halogens is 1. The highest BCUT2D eigenvalue weighted by molar-refractivity contribution is 9.10. The second-order valence-electron chi connectivity index (χ2n) is 10.7. The fourth-order valence-electron chi connectivity index (χ4n) is 5.27. The van der Waals surface area contributed by atoms with Gasteiger partial charge in [-0.25, -0.2) is 8.42 Å². The monoisotopic (exact) mass is 639 g/mol. The third-order valence-corrected chi connectivity index (χ3v) is 9.84.